The zero-order chi connectivity index (χ0) is 14.9. The van der Waals surface area contributed by atoms with Crippen LogP contribution in [0.25, 0.3) is 0 Å². The van der Waals surface area contributed by atoms with Crippen LogP contribution in [0.15, 0.2) is 27.7 Å². The van der Waals surface area contributed by atoms with Crippen LogP contribution in [-0.2, 0) is 36.0 Å². The Kier molecular flexibility index (Phi) is 4.17. The summed E-state index contributed by atoms with van der Waals surface area (Å²) in [6.07, 6.45) is 3.70. The molecule has 2 aromatic rings. The average Bonchev–Trinajstić information content (AvgIpc) is 3.13. The number of hydrogen-bond acceptors (Lipinski definition) is 5. The topological polar surface area (TPSA) is 71.3 Å². The van der Waals surface area contributed by atoms with Crippen LogP contribution in [0.4, 0.5) is 0 Å². The van der Waals surface area contributed by atoms with Crippen LogP contribution in [0.3, 0.4) is 0 Å². The Morgan fingerprint density at radius 3 is 2.90 bits per heavy atom. The minimum Gasteiger partial charge on any atom is -0.447 e. The minimum absolute atomic E-state index is 0.0445. The summed E-state index contributed by atoms with van der Waals surface area (Å²) in [5.74, 6) is 0.618. The summed E-state index contributed by atoms with van der Waals surface area (Å²) in [7, 11) is -2.13. The zero-order valence-electron chi connectivity index (χ0n) is 11.8. The van der Waals surface area contributed by atoms with Crippen LogP contribution in [0.5, 0.6) is 0 Å². The van der Waals surface area contributed by atoms with Crippen LogP contribution in [-0.4, -0.2) is 15.5 Å². The number of rotatable bonds is 6. The SMILES string of the molecule is CNS(=O)(=O)c1ccc(CNCc2cc3c(s2)CCC3)o1. The van der Waals surface area contributed by atoms with Gasteiger partial charge in [-0.2, -0.15) is 0 Å². The van der Waals surface area contributed by atoms with Crippen molar-refractivity contribution in [3.05, 3.63) is 39.3 Å². The highest BCUT2D eigenvalue weighted by Gasteiger charge is 2.17. The third-order valence-electron chi connectivity index (χ3n) is 3.57. The van der Waals surface area contributed by atoms with Gasteiger partial charge in [-0.3, -0.25) is 0 Å². The van der Waals surface area contributed by atoms with Gasteiger partial charge in [0.25, 0.3) is 10.0 Å². The highest BCUT2D eigenvalue weighted by atomic mass is 32.2. The van der Waals surface area contributed by atoms with E-state index in [-0.39, 0.29) is 5.09 Å². The van der Waals surface area contributed by atoms with Crippen molar-refractivity contribution in [2.45, 2.75) is 37.4 Å². The van der Waals surface area contributed by atoms with E-state index in [2.05, 4.69) is 16.1 Å². The molecule has 0 amide bonds. The maximum absolute atomic E-state index is 11.6. The second-order valence-corrected chi connectivity index (χ2v) is 8.09. The van der Waals surface area contributed by atoms with Crippen molar-refractivity contribution in [1.29, 1.82) is 0 Å². The van der Waals surface area contributed by atoms with E-state index in [1.165, 1.54) is 47.7 Å². The maximum atomic E-state index is 11.6. The lowest BCUT2D eigenvalue weighted by atomic mass is 10.2. The summed E-state index contributed by atoms with van der Waals surface area (Å²) in [6, 6.07) is 5.44. The molecule has 3 rings (SSSR count). The summed E-state index contributed by atoms with van der Waals surface area (Å²) >= 11 is 1.87. The van der Waals surface area contributed by atoms with Crippen LogP contribution in [0.1, 0.15) is 27.5 Å². The molecule has 7 heteroatoms. The maximum Gasteiger partial charge on any atom is 0.273 e. The Labute approximate surface area is 128 Å². The largest absolute Gasteiger partial charge is 0.447 e. The summed E-state index contributed by atoms with van der Waals surface area (Å²) in [5.41, 5.74) is 1.50. The first-order chi connectivity index (χ1) is 10.1. The number of hydrogen-bond donors (Lipinski definition) is 2. The molecule has 1 aliphatic carbocycles. The summed E-state index contributed by atoms with van der Waals surface area (Å²) in [6.45, 7) is 1.30. The minimum atomic E-state index is -3.50. The van der Waals surface area contributed by atoms with Crippen LogP contribution >= 0.6 is 11.3 Å². The van der Waals surface area contributed by atoms with Crippen molar-refractivity contribution in [2.24, 2.45) is 0 Å². The molecule has 0 unspecified atom stereocenters. The number of thiophene rings is 1. The van der Waals surface area contributed by atoms with Crippen molar-refractivity contribution in [2.75, 3.05) is 7.05 Å². The molecule has 0 aliphatic heterocycles. The second kappa shape index (κ2) is 5.92. The quantitative estimate of drug-likeness (QED) is 0.852. The van der Waals surface area contributed by atoms with E-state index in [9.17, 15) is 8.42 Å². The molecule has 5 nitrogen and oxygen atoms in total. The third kappa shape index (κ3) is 3.21. The van der Waals surface area contributed by atoms with E-state index in [4.69, 9.17) is 4.42 Å². The van der Waals surface area contributed by atoms with E-state index in [1.807, 2.05) is 11.3 Å². The lowest BCUT2D eigenvalue weighted by Crippen LogP contribution is -2.17. The van der Waals surface area contributed by atoms with Crippen molar-refractivity contribution >= 4 is 21.4 Å². The monoisotopic (exact) mass is 326 g/mol. The number of sulfonamides is 1. The van der Waals surface area contributed by atoms with E-state index in [0.29, 0.717) is 12.3 Å². The van der Waals surface area contributed by atoms with Crippen molar-refractivity contribution in [3.8, 4) is 0 Å². The molecule has 114 valence electrons. The highest BCUT2D eigenvalue weighted by molar-refractivity contribution is 7.89. The van der Waals surface area contributed by atoms with E-state index in [0.717, 1.165) is 6.54 Å². The molecule has 2 heterocycles. The van der Waals surface area contributed by atoms with Crippen LogP contribution in [0, 0.1) is 0 Å². The summed E-state index contributed by atoms with van der Waals surface area (Å²) in [5, 5.41) is 3.25. The first-order valence-corrected chi connectivity index (χ1v) is 9.22. The van der Waals surface area contributed by atoms with Gasteiger partial charge in [-0.1, -0.05) is 0 Å². The molecule has 0 aromatic carbocycles. The van der Waals surface area contributed by atoms with E-state index < -0.39 is 10.0 Å². The van der Waals surface area contributed by atoms with Crippen molar-refractivity contribution in [3.63, 3.8) is 0 Å². The smallest absolute Gasteiger partial charge is 0.273 e. The Morgan fingerprint density at radius 1 is 1.29 bits per heavy atom. The highest BCUT2D eigenvalue weighted by Crippen LogP contribution is 2.30. The van der Waals surface area contributed by atoms with Gasteiger partial charge < -0.3 is 9.73 Å². The Morgan fingerprint density at radius 2 is 2.14 bits per heavy atom. The normalized spacial score (nSPS) is 14.5. The fourth-order valence-electron chi connectivity index (χ4n) is 2.48. The predicted molar refractivity (Wildman–Crippen MR) is 81.8 cm³/mol. The fourth-order valence-corrected chi connectivity index (χ4v) is 4.38. The lowest BCUT2D eigenvalue weighted by Gasteiger charge is -2.01. The molecular weight excluding hydrogens is 308 g/mol. The summed E-state index contributed by atoms with van der Waals surface area (Å²) < 4.78 is 30.7. The van der Waals surface area contributed by atoms with Gasteiger partial charge in [-0.15, -0.1) is 11.3 Å². The predicted octanol–water partition coefficient (Wildman–Crippen LogP) is 2.03. The number of nitrogens with one attached hydrogen (secondary N) is 2. The zero-order valence-corrected chi connectivity index (χ0v) is 13.4. The van der Waals surface area contributed by atoms with Crippen molar-refractivity contribution < 1.29 is 12.8 Å². The first kappa shape index (κ1) is 14.8. The molecule has 1 aliphatic rings. The van der Waals surface area contributed by atoms with Crippen LogP contribution in [0.2, 0.25) is 0 Å². The van der Waals surface area contributed by atoms with Gasteiger partial charge in [0.15, 0.2) is 0 Å². The third-order valence-corrected chi connectivity index (χ3v) is 6.09. The Balaban J connectivity index is 1.56. The standard InChI is InChI=1S/C14H18N2O3S2/c1-15-21(17,18)14-6-5-11(19-14)8-16-9-12-7-10-3-2-4-13(10)20-12/h5-7,15-16H,2-4,8-9H2,1H3. The molecule has 0 radical (unpaired) electrons. The van der Waals surface area contributed by atoms with Gasteiger partial charge >= 0.3 is 0 Å². The van der Waals surface area contributed by atoms with Gasteiger partial charge in [0.2, 0.25) is 5.09 Å². The number of fused-ring (bicyclic) bond motifs is 1. The van der Waals surface area contributed by atoms with Gasteiger partial charge in [0.1, 0.15) is 5.76 Å². The molecule has 0 fully saturated rings. The van der Waals surface area contributed by atoms with Gasteiger partial charge in [0, 0.05) is 16.3 Å². The second-order valence-electron chi connectivity index (χ2n) is 5.05. The van der Waals surface area contributed by atoms with Crippen LogP contribution < -0.4 is 10.0 Å². The number of furan rings is 1. The van der Waals surface area contributed by atoms with E-state index in [1.54, 1.807) is 6.07 Å². The van der Waals surface area contributed by atoms with Crippen molar-refractivity contribution in [1.82, 2.24) is 10.0 Å². The molecule has 0 saturated heterocycles. The molecular formula is C14H18N2O3S2. The molecule has 0 atom stereocenters. The number of aryl methyl sites for hydroxylation is 2. The van der Waals surface area contributed by atoms with Gasteiger partial charge in [-0.25, -0.2) is 13.1 Å². The Hall–Kier alpha value is -1.15. The molecule has 21 heavy (non-hydrogen) atoms. The molecule has 2 aromatic heterocycles. The molecule has 0 bridgehead atoms. The average molecular weight is 326 g/mol. The lowest BCUT2D eigenvalue weighted by molar-refractivity contribution is 0.400. The molecule has 0 spiro atoms. The molecule has 0 saturated carbocycles. The van der Waals surface area contributed by atoms with Gasteiger partial charge in [0.05, 0.1) is 6.54 Å². The van der Waals surface area contributed by atoms with Gasteiger partial charge in [-0.05, 0) is 50.1 Å². The first-order valence-electron chi connectivity index (χ1n) is 6.92. The molecule has 2 N–H and O–H groups in total. The fraction of sp³-hybridized carbons (Fsp3) is 0.429. The summed E-state index contributed by atoms with van der Waals surface area (Å²) in [4.78, 5) is 2.85. The van der Waals surface area contributed by atoms with E-state index >= 15 is 0 Å². The Bertz CT molecular complexity index is 710.